The second-order valence-electron chi connectivity index (χ2n) is 7.57. The molecule has 1 aliphatic heterocycles. The topological polar surface area (TPSA) is 38.8 Å². The van der Waals surface area contributed by atoms with Gasteiger partial charge < -0.3 is 14.4 Å². The summed E-state index contributed by atoms with van der Waals surface area (Å²) in [6.45, 7) is 7.30. The molecule has 5 heteroatoms. The van der Waals surface area contributed by atoms with Crippen LogP contribution in [0, 0.1) is 11.8 Å². The number of ether oxygens (including phenoxy) is 2. The Balaban J connectivity index is 1.52. The molecule has 0 N–H and O–H groups in total. The van der Waals surface area contributed by atoms with E-state index >= 15 is 0 Å². The number of halogens is 1. The molecule has 126 valence electrons. The van der Waals surface area contributed by atoms with Crippen molar-refractivity contribution in [2.75, 3.05) is 13.1 Å². The number of nitrogens with zero attached hydrogens (tertiary/aromatic N) is 1. The quantitative estimate of drug-likeness (QED) is 0.758. The fraction of sp³-hybridized carbons (Fsp3) is 0.611. The fourth-order valence-electron chi connectivity index (χ4n) is 3.55. The lowest BCUT2D eigenvalue weighted by atomic mass is 10.0. The van der Waals surface area contributed by atoms with E-state index < -0.39 is 5.60 Å². The number of benzene rings is 1. The summed E-state index contributed by atoms with van der Waals surface area (Å²) in [5.41, 5.74) is -0.429. The zero-order valence-corrected chi connectivity index (χ0v) is 15.5. The van der Waals surface area contributed by atoms with E-state index in [4.69, 9.17) is 9.47 Å². The third-order valence-electron chi connectivity index (χ3n) is 4.46. The normalized spacial score (nSPS) is 27.0. The summed E-state index contributed by atoms with van der Waals surface area (Å²) >= 11 is 3.47. The van der Waals surface area contributed by atoms with Gasteiger partial charge in [0.15, 0.2) is 0 Å². The average molecular weight is 382 g/mol. The highest BCUT2D eigenvalue weighted by Crippen LogP contribution is 2.40. The summed E-state index contributed by atoms with van der Waals surface area (Å²) in [6.07, 6.45) is 2.09. The van der Waals surface area contributed by atoms with Gasteiger partial charge >= 0.3 is 6.09 Å². The van der Waals surface area contributed by atoms with E-state index in [-0.39, 0.29) is 12.2 Å². The molecule has 4 nitrogen and oxygen atoms in total. The molecule has 1 saturated heterocycles. The van der Waals surface area contributed by atoms with Crippen molar-refractivity contribution in [3.8, 4) is 5.75 Å². The molecule has 0 radical (unpaired) electrons. The molecule has 1 aromatic carbocycles. The Bertz CT molecular complexity index is 570. The van der Waals surface area contributed by atoms with Crippen LogP contribution in [-0.2, 0) is 4.74 Å². The van der Waals surface area contributed by atoms with E-state index in [0.717, 1.165) is 36.2 Å². The number of carbonyl (C=O) groups excluding carboxylic acids is 1. The van der Waals surface area contributed by atoms with Crippen molar-refractivity contribution in [3.05, 3.63) is 28.7 Å². The second-order valence-corrected chi connectivity index (χ2v) is 8.49. The minimum Gasteiger partial charge on any atom is -0.490 e. The number of fused-ring (bicyclic) bond motifs is 1. The van der Waals surface area contributed by atoms with Gasteiger partial charge in [-0.3, -0.25) is 0 Å². The van der Waals surface area contributed by atoms with Gasteiger partial charge in [-0.05, 0) is 63.6 Å². The predicted molar refractivity (Wildman–Crippen MR) is 92.6 cm³/mol. The zero-order valence-electron chi connectivity index (χ0n) is 13.9. The van der Waals surface area contributed by atoms with Crippen molar-refractivity contribution in [2.45, 2.75) is 45.3 Å². The lowest BCUT2D eigenvalue weighted by Gasteiger charge is -2.25. The standard InChI is InChI=1S/C18H24BrNO3/c1-18(2,3)23-17(21)20-10-12-7-16(8-13(12)11-20)22-15-6-4-5-14(19)9-15/h4-6,9,12-13,16H,7-8,10-11H2,1-3H3/t12-,13+,16-. The molecular formula is C18H24BrNO3. The Kier molecular flexibility index (Phi) is 4.59. The third-order valence-corrected chi connectivity index (χ3v) is 4.95. The molecule has 2 fully saturated rings. The number of hydrogen-bond donors (Lipinski definition) is 0. The first kappa shape index (κ1) is 16.6. The minimum atomic E-state index is -0.429. The molecule has 0 bridgehead atoms. The molecule has 0 spiro atoms. The largest absolute Gasteiger partial charge is 0.490 e. The Morgan fingerprint density at radius 3 is 2.43 bits per heavy atom. The monoisotopic (exact) mass is 381 g/mol. The highest BCUT2D eigenvalue weighted by molar-refractivity contribution is 9.10. The molecule has 23 heavy (non-hydrogen) atoms. The molecular weight excluding hydrogens is 358 g/mol. The predicted octanol–water partition coefficient (Wildman–Crippen LogP) is 4.47. The average Bonchev–Trinajstić information content (AvgIpc) is 2.94. The SMILES string of the molecule is CC(C)(C)OC(=O)N1C[C@H]2C[C@@H](Oc3cccc(Br)c3)C[C@H]2C1. The van der Waals surface area contributed by atoms with Crippen molar-refractivity contribution < 1.29 is 14.3 Å². The molecule has 3 atom stereocenters. The van der Waals surface area contributed by atoms with Crippen molar-refractivity contribution >= 4 is 22.0 Å². The summed E-state index contributed by atoms with van der Waals surface area (Å²) in [7, 11) is 0. The zero-order chi connectivity index (χ0) is 16.6. The number of amides is 1. The third kappa shape index (κ3) is 4.19. The maximum Gasteiger partial charge on any atom is 0.410 e. The highest BCUT2D eigenvalue weighted by atomic mass is 79.9. The lowest BCUT2D eigenvalue weighted by molar-refractivity contribution is 0.0272. The lowest BCUT2D eigenvalue weighted by Crippen LogP contribution is -2.36. The van der Waals surface area contributed by atoms with Crippen LogP contribution in [0.1, 0.15) is 33.6 Å². The van der Waals surface area contributed by atoms with E-state index in [9.17, 15) is 4.79 Å². The molecule has 1 heterocycles. The number of rotatable bonds is 2. The fourth-order valence-corrected chi connectivity index (χ4v) is 3.93. The molecule has 1 saturated carbocycles. The van der Waals surface area contributed by atoms with Gasteiger partial charge in [0.1, 0.15) is 11.4 Å². The number of carbonyl (C=O) groups is 1. The van der Waals surface area contributed by atoms with Crippen LogP contribution in [0.5, 0.6) is 5.75 Å². The van der Waals surface area contributed by atoms with Gasteiger partial charge in [-0.25, -0.2) is 4.79 Å². The summed E-state index contributed by atoms with van der Waals surface area (Å²) in [5, 5.41) is 0. The van der Waals surface area contributed by atoms with Crippen LogP contribution >= 0.6 is 15.9 Å². The Hall–Kier alpha value is -1.23. The van der Waals surface area contributed by atoms with E-state index in [1.807, 2.05) is 49.9 Å². The van der Waals surface area contributed by atoms with Gasteiger partial charge in [0.2, 0.25) is 0 Å². The summed E-state index contributed by atoms with van der Waals surface area (Å²) in [6, 6.07) is 7.97. The number of likely N-dealkylation sites (tertiary alicyclic amines) is 1. The summed E-state index contributed by atoms with van der Waals surface area (Å²) < 4.78 is 12.6. The highest BCUT2D eigenvalue weighted by Gasteiger charge is 2.44. The molecule has 1 amide bonds. The van der Waals surface area contributed by atoms with E-state index in [1.54, 1.807) is 0 Å². The van der Waals surface area contributed by atoms with Crippen LogP contribution in [0.25, 0.3) is 0 Å². The van der Waals surface area contributed by atoms with Gasteiger partial charge in [0, 0.05) is 17.6 Å². The first-order valence-corrected chi connectivity index (χ1v) is 8.99. The molecule has 1 aromatic rings. The Morgan fingerprint density at radius 2 is 1.87 bits per heavy atom. The molecule has 1 aliphatic carbocycles. The van der Waals surface area contributed by atoms with Crippen molar-refractivity contribution in [1.29, 1.82) is 0 Å². The molecule has 0 unspecified atom stereocenters. The first-order valence-electron chi connectivity index (χ1n) is 8.20. The maximum absolute atomic E-state index is 12.2. The van der Waals surface area contributed by atoms with Crippen LogP contribution in [0.2, 0.25) is 0 Å². The minimum absolute atomic E-state index is 0.184. The van der Waals surface area contributed by atoms with E-state index in [1.165, 1.54) is 0 Å². The molecule has 2 aliphatic rings. The van der Waals surface area contributed by atoms with Gasteiger partial charge in [-0.15, -0.1) is 0 Å². The maximum atomic E-state index is 12.2. The van der Waals surface area contributed by atoms with Crippen LogP contribution < -0.4 is 4.74 Å². The van der Waals surface area contributed by atoms with Crippen molar-refractivity contribution in [1.82, 2.24) is 4.90 Å². The van der Waals surface area contributed by atoms with Gasteiger partial charge in [0.05, 0.1) is 6.10 Å². The van der Waals surface area contributed by atoms with Gasteiger partial charge in [0.25, 0.3) is 0 Å². The van der Waals surface area contributed by atoms with Crippen molar-refractivity contribution in [3.63, 3.8) is 0 Å². The molecule has 0 aromatic heterocycles. The van der Waals surface area contributed by atoms with Gasteiger partial charge in [-0.1, -0.05) is 22.0 Å². The van der Waals surface area contributed by atoms with Gasteiger partial charge in [-0.2, -0.15) is 0 Å². The number of hydrogen-bond acceptors (Lipinski definition) is 3. The van der Waals surface area contributed by atoms with Crippen LogP contribution in [0.4, 0.5) is 4.79 Å². The summed E-state index contributed by atoms with van der Waals surface area (Å²) in [4.78, 5) is 14.0. The van der Waals surface area contributed by atoms with E-state index in [2.05, 4.69) is 15.9 Å². The van der Waals surface area contributed by atoms with E-state index in [0.29, 0.717) is 11.8 Å². The molecule has 3 rings (SSSR count). The second kappa shape index (κ2) is 6.34. The van der Waals surface area contributed by atoms with Crippen LogP contribution in [0.3, 0.4) is 0 Å². The summed E-state index contributed by atoms with van der Waals surface area (Å²) in [5.74, 6) is 1.97. The van der Waals surface area contributed by atoms with Crippen LogP contribution in [0.15, 0.2) is 28.7 Å². The Labute approximate surface area is 146 Å². The van der Waals surface area contributed by atoms with Crippen molar-refractivity contribution in [2.24, 2.45) is 11.8 Å². The Morgan fingerprint density at radius 1 is 1.22 bits per heavy atom. The first-order chi connectivity index (χ1) is 10.8. The smallest absolute Gasteiger partial charge is 0.410 e. The van der Waals surface area contributed by atoms with Crippen LogP contribution in [-0.4, -0.2) is 35.8 Å².